The SMILES string of the molecule is CC(C)[C@@H](NC(=O)c1ccccc1Cl)c1nnc(SCC(=O)NCc2ccccc2)n1C. The molecular weight excluding hydrogens is 446 g/mol. The molecule has 0 aliphatic heterocycles. The number of carbonyl (C=O) groups is 2. The fourth-order valence-corrected chi connectivity index (χ4v) is 4.06. The Bertz CT molecular complexity index is 1070. The third-order valence-corrected chi connectivity index (χ3v) is 6.23. The Balaban J connectivity index is 1.62. The number of hydrogen-bond acceptors (Lipinski definition) is 5. The molecule has 2 amide bonds. The van der Waals surface area contributed by atoms with Crippen LogP contribution < -0.4 is 10.6 Å². The minimum absolute atomic E-state index is 0.0661. The zero-order chi connectivity index (χ0) is 23.1. The van der Waals surface area contributed by atoms with Crippen molar-refractivity contribution in [2.45, 2.75) is 31.6 Å². The van der Waals surface area contributed by atoms with Crippen LogP contribution in [0.2, 0.25) is 5.02 Å². The largest absolute Gasteiger partial charge is 0.351 e. The molecule has 32 heavy (non-hydrogen) atoms. The van der Waals surface area contributed by atoms with Gasteiger partial charge < -0.3 is 15.2 Å². The maximum Gasteiger partial charge on any atom is 0.253 e. The van der Waals surface area contributed by atoms with Crippen LogP contribution in [0, 0.1) is 5.92 Å². The van der Waals surface area contributed by atoms with E-state index < -0.39 is 0 Å². The molecule has 0 unspecified atom stereocenters. The maximum absolute atomic E-state index is 12.8. The van der Waals surface area contributed by atoms with E-state index in [1.807, 2.05) is 55.8 Å². The van der Waals surface area contributed by atoms with Crippen LogP contribution in [0.25, 0.3) is 0 Å². The zero-order valence-electron chi connectivity index (χ0n) is 18.2. The van der Waals surface area contributed by atoms with E-state index in [0.717, 1.165) is 5.56 Å². The molecular formula is C23H26ClN5O2S. The van der Waals surface area contributed by atoms with Crippen molar-refractivity contribution in [3.8, 4) is 0 Å². The number of halogens is 1. The molecule has 2 N–H and O–H groups in total. The quantitative estimate of drug-likeness (QED) is 0.460. The van der Waals surface area contributed by atoms with E-state index in [1.54, 1.807) is 24.3 Å². The Morgan fingerprint density at radius 1 is 1.06 bits per heavy atom. The minimum Gasteiger partial charge on any atom is -0.351 e. The zero-order valence-corrected chi connectivity index (χ0v) is 19.8. The fourth-order valence-electron chi connectivity index (χ4n) is 3.09. The van der Waals surface area contributed by atoms with E-state index in [4.69, 9.17) is 11.6 Å². The molecule has 1 heterocycles. The summed E-state index contributed by atoms with van der Waals surface area (Å²) in [5.41, 5.74) is 1.45. The molecule has 1 aromatic heterocycles. The van der Waals surface area contributed by atoms with E-state index in [1.165, 1.54) is 11.8 Å². The molecule has 0 saturated heterocycles. The van der Waals surface area contributed by atoms with Crippen LogP contribution in [0.4, 0.5) is 0 Å². The van der Waals surface area contributed by atoms with Crippen LogP contribution in [-0.4, -0.2) is 32.3 Å². The van der Waals surface area contributed by atoms with Crippen LogP contribution in [0.3, 0.4) is 0 Å². The third-order valence-electron chi connectivity index (χ3n) is 4.88. The van der Waals surface area contributed by atoms with Crippen molar-refractivity contribution in [2.24, 2.45) is 13.0 Å². The lowest BCUT2D eigenvalue weighted by Crippen LogP contribution is -2.33. The molecule has 168 valence electrons. The molecule has 3 rings (SSSR count). The van der Waals surface area contributed by atoms with Crippen molar-refractivity contribution >= 4 is 35.2 Å². The second-order valence-electron chi connectivity index (χ2n) is 7.63. The van der Waals surface area contributed by atoms with Gasteiger partial charge in [-0.25, -0.2) is 0 Å². The van der Waals surface area contributed by atoms with E-state index >= 15 is 0 Å². The van der Waals surface area contributed by atoms with E-state index in [2.05, 4.69) is 20.8 Å². The summed E-state index contributed by atoms with van der Waals surface area (Å²) in [4.78, 5) is 25.0. The molecule has 0 fully saturated rings. The highest BCUT2D eigenvalue weighted by atomic mass is 35.5. The van der Waals surface area contributed by atoms with Gasteiger partial charge in [0.15, 0.2) is 11.0 Å². The topological polar surface area (TPSA) is 88.9 Å². The monoisotopic (exact) mass is 471 g/mol. The molecule has 9 heteroatoms. The summed E-state index contributed by atoms with van der Waals surface area (Å²) in [5.74, 6) is 0.545. The number of rotatable bonds is 9. The average molecular weight is 472 g/mol. The van der Waals surface area contributed by atoms with Crippen molar-refractivity contribution in [2.75, 3.05) is 5.75 Å². The van der Waals surface area contributed by atoms with Crippen LogP contribution in [0.5, 0.6) is 0 Å². The Morgan fingerprint density at radius 2 is 1.75 bits per heavy atom. The highest BCUT2D eigenvalue weighted by Gasteiger charge is 2.26. The summed E-state index contributed by atoms with van der Waals surface area (Å²) in [6.45, 7) is 4.47. The molecule has 0 spiro atoms. The molecule has 0 aliphatic carbocycles. The Morgan fingerprint density at radius 3 is 2.44 bits per heavy atom. The fraction of sp³-hybridized carbons (Fsp3) is 0.304. The molecule has 0 bridgehead atoms. The van der Waals surface area contributed by atoms with E-state index in [0.29, 0.717) is 28.1 Å². The van der Waals surface area contributed by atoms with Crippen molar-refractivity contribution in [3.05, 3.63) is 76.6 Å². The number of hydrogen-bond donors (Lipinski definition) is 2. The van der Waals surface area contributed by atoms with Crippen LogP contribution in [0.15, 0.2) is 59.8 Å². The summed E-state index contributed by atoms with van der Waals surface area (Å²) in [6, 6.07) is 16.3. The molecule has 0 aliphatic rings. The van der Waals surface area contributed by atoms with Crippen LogP contribution in [0.1, 0.15) is 41.6 Å². The van der Waals surface area contributed by atoms with Gasteiger partial charge in [0, 0.05) is 13.6 Å². The van der Waals surface area contributed by atoms with Crippen molar-refractivity contribution in [1.82, 2.24) is 25.4 Å². The first-order valence-electron chi connectivity index (χ1n) is 10.2. The number of thioether (sulfide) groups is 1. The van der Waals surface area contributed by atoms with Gasteiger partial charge in [0.1, 0.15) is 0 Å². The summed E-state index contributed by atoms with van der Waals surface area (Å²) in [7, 11) is 1.83. The van der Waals surface area contributed by atoms with Gasteiger partial charge in [0.2, 0.25) is 5.91 Å². The summed E-state index contributed by atoms with van der Waals surface area (Å²) in [5, 5.41) is 15.4. The number of carbonyl (C=O) groups excluding carboxylic acids is 2. The van der Waals surface area contributed by atoms with Crippen LogP contribution >= 0.6 is 23.4 Å². The number of nitrogens with zero attached hydrogens (tertiary/aromatic N) is 3. The lowest BCUT2D eigenvalue weighted by molar-refractivity contribution is -0.118. The normalized spacial score (nSPS) is 11.9. The highest BCUT2D eigenvalue weighted by molar-refractivity contribution is 7.99. The van der Waals surface area contributed by atoms with Gasteiger partial charge >= 0.3 is 0 Å². The number of amides is 2. The molecule has 3 aromatic rings. The summed E-state index contributed by atoms with van der Waals surface area (Å²) < 4.78 is 1.81. The number of nitrogens with one attached hydrogen (secondary N) is 2. The summed E-state index contributed by atoms with van der Waals surface area (Å²) in [6.07, 6.45) is 0. The first-order chi connectivity index (χ1) is 15.4. The van der Waals surface area contributed by atoms with Gasteiger partial charge in [0.25, 0.3) is 5.91 Å². The maximum atomic E-state index is 12.8. The number of aromatic nitrogens is 3. The van der Waals surface area contributed by atoms with Gasteiger partial charge in [0.05, 0.1) is 22.4 Å². The third kappa shape index (κ3) is 6.11. The predicted molar refractivity (Wildman–Crippen MR) is 127 cm³/mol. The van der Waals surface area contributed by atoms with Gasteiger partial charge in [-0.15, -0.1) is 10.2 Å². The highest BCUT2D eigenvalue weighted by Crippen LogP contribution is 2.25. The first-order valence-corrected chi connectivity index (χ1v) is 11.6. The first kappa shape index (κ1) is 23.8. The van der Waals surface area contributed by atoms with Crippen LogP contribution in [-0.2, 0) is 18.4 Å². The van der Waals surface area contributed by atoms with Crippen molar-refractivity contribution < 1.29 is 9.59 Å². The predicted octanol–water partition coefficient (Wildman–Crippen LogP) is 4.00. The van der Waals surface area contributed by atoms with E-state index in [9.17, 15) is 9.59 Å². The molecule has 1 atom stereocenters. The molecule has 0 radical (unpaired) electrons. The van der Waals surface area contributed by atoms with Crippen molar-refractivity contribution in [3.63, 3.8) is 0 Å². The summed E-state index contributed by atoms with van der Waals surface area (Å²) >= 11 is 7.47. The number of benzene rings is 2. The van der Waals surface area contributed by atoms with Crippen molar-refractivity contribution in [1.29, 1.82) is 0 Å². The molecule has 2 aromatic carbocycles. The van der Waals surface area contributed by atoms with E-state index in [-0.39, 0.29) is 29.5 Å². The van der Waals surface area contributed by atoms with Gasteiger partial charge in [-0.3, -0.25) is 9.59 Å². The van der Waals surface area contributed by atoms with Gasteiger partial charge in [-0.05, 0) is 23.6 Å². The lowest BCUT2D eigenvalue weighted by Gasteiger charge is -2.22. The van der Waals surface area contributed by atoms with Gasteiger partial charge in [-0.2, -0.15) is 0 Å². The Labute approximate surface area is 197 Å². The Hall–Kier alpha value is -2.84. The lowest BCUT2D eigenvalue weighted by atomic mass is 10.0. The standard InChI is InChI=1S/C23H26ClN5O2S/c1-15(2)20(26-22(31)17-11-7-8-12-18(17)24)21-27-28-23(29(21)3)32-14-19(30)25-13-16-9-5-4-6-10-16/h4-12,15,20H,13-14H2,1-3H3,(H,25,30)(H,26,31)/t20-/m1/s1. The smallest absolute Gasteiger partial charge is 0.253 e. The molecule has 7 nitrogen and oxygen atoms in total. The molecule has 0 saturated carbocycles. The minimum atomic E-state index is -0.363. The average Bonchev–Trinajstić information content (AvgIpc) is 3.15. The Kier molecular flexibility index (Phi) is 8.30. The second kappa shape index (κ2) is 11.2. The second-order valence-corrected chi connectivity index (χ2v) is 8.98. The van der Waals surface area contributed by atoms with Gasteiger partial charge in [-0.1, -0.05) is 79.7 Å².